The van der Waals surface area contributed by atoms with Crippen LogP contribution in [0.15, 0.2) is 53.8 Å². The van der Waals surface area contributed by atoms with Gasteiger partial charge in [0, 0.05) is 48.7 Å². The van der Waals surface area contributed by atoms with E-state index < -0.39 is 0 Å². The van der Waals surface area contributed by atoms with Crippen LogP contribution in [-0.4, -0.2) is 44.1 Å². The van der Waals surface area contributed by atoms with Crippen LogP contribution in [0.4, 0.5) is 0 Å². The van der Waals surface area contributed by atoms with Crippen LogP contribution in [0.1, 0.15) is 16.8 Å². The predicted molar refractivity (Wildman–Crippen MR) is 120 cm³/mol. The highest BCUT2D eigenvalue weighted by atomic mass is 32.2. The number of para-hydroxylation sites is 1. The molecular weight excluding hydrogens is 412 g/mol. The van der Waals surface area contributed by atoms with Gasteiger partial charge in [-0.25, -0.2) is 0 Å². The number of nitrogens with zero attached hydrogens (tertiary/aromatic N) is 4. The summed E-state index contributed by atoms with van der Waals surface area (Å²) in [5.41, 5.74) is 2.67. The molecule has 1 aliphatic rings. The summed E-state index contributed by atoms with van der Waals surface area (Å²) in [6.45, 7) is 1.29. The van der Waals surface area contributed by atoms with Crippen LogP contribution in [-0.2, 0) is 14.1 Å². The third-order valence-electron chi connectivity index (χ3n) is 5.37. The van der Waals surface area contributed by atoms with Gasteiger partial charge >= 0.3 is 0 Å². The van der Waals surface area contributed by atoms with Crippen molar-refractivity contribution in [1.82, 2.24) is 19.3 Å². The Bertz CT molecular complexity index is 1280. The monoisotopic (exact) mass is 434 g/mol. The van der Waals surface area contributed by atoms with Crippen LogP contribution < -0.4 is 9.47 Å². The lowest BCUT2D eigenvalue weighted by Gasteiger charge is -2.09. The lowest BCUT2D eigenvalue weighted by Crippen LogP contribution is -2.03. The van der Waals surface area contributed by atoms with Crippen molar-refractivity contribution in [2.24, 2.45) is 14.1 Å². The quantitative estimate of drug-likeness (QED) is 0.348. The number of carbonyl (C=O) groups excluding carboxylic acids is 1. The topological polar surface area (TPSA) is 71.2 Å². The van der Waals surface area contributed by atoms with Crippen LogP contribution >= 0.6 is 11.8 Å². The molecule has 5 rings (SSSR count). The van der Waals surface area contributed by atoms with E-state index in [0.29, 0.717) is 24.1 Å². The second kappa shape index (κ2) is 8.11. The molecule has 0 unspecified atom stereocenters. The van der Waals surface area contributed by atoms with E-state index in [0.717, 1.165) is 45.8 Å². The summed E-state index contributed by atoms with van der Waals surface area (Å²) in [5, 5.41) is 10.3. The number of thioether (sulfide) groups is 1. The molecule has 1 aliphatic heterocycles. The maximum Gasteiger partial charge on any atom is 0.191 e. The molecule has 7 nitrogen and oxygen atoms in total. The summed E-state index contributed by atoms with van der Waals surface area (Å²) in [6.07, 6.45) is 2.76. The number of aromatic nitrogens is 4. The van der Waals surface area contributed by atoms with Crippen molar-refractivity contribution in [3.05, 3.63) is 54.2 Å². The number of ketones is 1. The van der Waals surface area contributed by atoms with Gasteiger partial charge in [-0.15, -0.1) is 10.2 Å². The largest absolute Gasteiger partial charge is 0.490 e. The summed E-state index contributed by atoms with van der Waals surface area (Å²) < 4.78 is 15.4. The average molecular weight is 435 g/mol. The molecule has 31 heavy (non-hydrogen) atoms. The Hall–Kier alpha value is -3.26. The number of carbonyl (C=O) groups is 1. The zero-order chi connectivity index (χ0) is 21.4. The standard InChI is InChI=1S/C23H22N4O3S/c1-26-13-17(16-6-3-4-7-18(16)26)19(28)14-31-23-25-24-22(27(23)2)15-8-9-20-21(12-15)30-11-5-10-29-20/h3-4,6-9,12-13H,5,10-11,14H2,1-2H3. The third kappa shape index (κ3) is 3.67. The Morgan fingerprint density at radius 1 is 1.06 bits per heavy atom. The molecule has 0 N–H and O–H groups in total. The Morgan fingerprint density at radius 3 is 2.74 bits per heavy atom. The van der Waals surface area contributed by atoms with Gasteiger partial charge in [0.1, 0.15) is 0 Å². The fourth-order valence-electron chi connectivity index (χ4n) is 3.77. The fourth-order valence-corrected chi connectivity index (χ4v) is 4.56. The zero-order valence-corrected chi connectivity index (χ0v) is 18.2. The van der Waals surface area contributed by atoms with Crippen LogP contribution in [0.5, 0.6) is 11.5 Å². The molecule has 0 fully saturated rings. The summed E-state index contributed by atoms with van der Waals surface area (Å²) in [5.74, 6) is 2.55. The molecular formula is C23H22N4O3S. The number of hydrogen-bond acceptors (Lipinski definition) is 6. The molecule has 0 amide bonds. The molecule has 0 aliphatic carbocycles. The number of Topliss-reactive ketones (excluding diaryl/α,β-unsaturated/α-hetero) is 1. The van der Waals surface area contributed by atoms with Gasteiger partial charge in [-0.05, 0) is 24.3 Å². The van der Waals surface area contributed by atoms with Gasteiger partial charge in [0.15, 0.2) is 28.3 Å². The Balaban J connectivity index is 1.35. The van der Waals surface area contributed by atoms with Gasteiger partial charge in [-0.1, -0.05) is 30.0 Å². The first kappa shape index (κ1) is 19.7. The number of fused-ring (bicyclic) bond motifs is 2. The van der Waals surface area contributed by atoms with Crippen molar-refractivity contribution in [1.29, 1.82) is 0 Å². The van der Waals surface area contributed by atoms with Crippen molar-refractivity contribution in [2.75, 3.05) is 19.0 Å². The highest BCUT2D eigenvalue weighted by molar-refractivity contribution is 7.99. The van der Waals surface area contributed by atoms with E-state index in [9.17, 15) is 4.79 Å². The van der Waals surface area contributed by atoms with Crippen molar-refractivity contribution in [2.45, 2.75) is 11.6 Å². The first-order valence-corrected chi connectivity index (χ1v) is 11.1. The van der Waals surface area contributed by atoms with E-state index >= 15 is 0 Å². The molecule has 8 heteroatoms. The second-order valence-corrected chi connectivity index (χ2v) is 8.40. The SMILES string of the molecule is Cn1c(SCC(=O)c2cn(C)c3ccccc23)nnc1-c1ccc2c(c1)OCCCO2. The van der Waals surface area contributed by atoms with Crippen LogP contribution in [0, 0.1) is 0 Å². The minimum Gasteiger partial charge on any atom is -0.490 e. The maximum atomic E-state index is 12.9. The number of rotatable bonds is 5. The lowest BCUT2D eigenvalue weighted by atomic mass is 10.1. The van der Waals surface area contributed by atoms with E-state index in [1.54, 1.807) is 0 Å². The van der Waals surface area contributed by atoms with E-state index in [2.05, 4.69) is 10.2 Å². The fraction of sp³-hybridized carbons (Fsp3) is 0.261. The van der Waals surface area contributed by atoms with Crippen LogP contribution in [0.3, 0.4) is 0 Å². The normalized spacial score (nSPS) is 13.4. The van der Waals surface area contributed by atoms with Crippen LogP contribution in [0.2, 0.25) is 0 Å². The summed E-state index contributed by atoms with van der Waals surface area (Å²) in [7, 11) is 3.86. The Kier molecular flexibility index (Phi) is 5.15. The molecule has 2 aromatic heterocycles. The molecule has 0 saturated heterocycles. The zero-order valence-electron chi connectivity index (χ0n) is 17.4. The van der Waals surface area contributed by atoms with Gasteiger partial charge in [0.25, 0.3) is 0 Å². The number of hydrogen-bond donors (Lipinski definition) is 0. The molecule has 2 aromatic carbocycles. The van der Waals surface area contributed by atoms with E-state index in [1.807, 2.05) is 71.9 Å². The van der Waals surface area contributed by atoms with Crippen molar-refractivity contribution in [3.8, 4) is 22.9 Å². The van der Waals surface area contributed by atoms with E-state index in [4.69, 9.17) is 9.47 Å². The van der Waals surface area contributed by atoms with Crippen molar-refractivity contribution < 1.29 is 14.3 Å². The van der Waals surface area contributed by atoms with Crippen LogP contribution in [0.25, 0.3) is 22.3 Å². The van der Waals surface area contributed by atoms with E-state index in [1.165, 1.54) is 11.8 Å². The Morgan fingerprint density at radius 2 is 1.87 bits per heavy atom. The molecule has 0 saturated carbocycles. The summed E-state index contributed by atoms with van der Waals surface area (Å²) >= 11 is 1.39. The van der Waals surface area contributed by atoms with Gasteiger partial charge in [-0.3, -0.25) is 4.79 Å². The number of benzene rings is 2. The van der Waals surface area contributed by atoms with Gasteiger partial charge in [0.05, 0.1) is 19.0 Å². The first-order chi connectivity index (χ1) is 15.1. The molecule has 4 aromatic rings. The Labute approximate surface area is 184 Å². The first-order valence-electron chi connectivity index (χ1n) is 10.1. The van der Waals surface area contributed by atoms with Gasteiger partial charge in [-0.2, -0.15) is 0 Å². The molecule has 3 heterocycles. The molecule has 0 atom stereocenters. The summed E-state index contributed by atoms with van der Waals surface area (Å²) in [4.78, 5) is 12.9. The minimum atomic E-state index is 0.0712. The minimum absolute atomic E-state index is 0.0712. The highest BCUT2D eigenvalue weighted by Gasteiger charge is 2.18. The number of aryl methyl sites for hydroxylation is 1. The molecule has 0 radical (unpaired) electrons. The van der Waals surface area contributed by atoms with Crippen molar-refractivity contribution in [3.63, 3.8) is 0 Å². The highest BCUT2D eigenvalue weighted by Crippen LogP contribution is 2.34. The third-order valence-corrected chi connectivity index (χ3v) is 6.39. The molecule has 0 bridgehead atoms. The van der Waals surface area contributed by atoms with Gasteiger partial charge in [0.2, 0.25) is 0 Å². The predicted octanol–water partition coefficient (Wildman–Crippen LogP) is 4.11. The van der Waals surface area contributed by atoms with Gasteiger partial charge < -0.3 is 18.6 Å². The molecule has 0 spiro atoms. The second-order valence-electron chi connectivity index (χ2n) is 7.46. The molecule has 158 valence electrons. The lowest BCUT2D eigenvalue weighted by molar-refractivity contribution is 0.102. The smallest absolute Gasteiger partial charge is 0.191 e. The summed E-state index contributed by atoms with van der Waals surface area (Å²) in [6, 6.07) is 13.7. The van der Waals surface area contributed by atoms with E-state index in [-0.39, 0.29) is 5.78 Å². The van der Waals surface area contributed by atoms with Crippen molar-refractivity contribution >= 4 is 28.4 Å². The maximum absolute atomic E-state index is 12.9. The number of ether oxygens (including phenoxy) is 2. The average Bonchev–Trinajstić information content (AvgIpc) is 3.22.